The summed E-state index contributed by atoms with van der Waals surface area (Å²) in [7, 11) is -0.616. The van der Waals surface area contributed by atoms with Crippen LogP contribution in [-0.4, -0.2) is 38.3 Å². The van der Waals surface area contributed by atoms with Crippen molar-refractivity contribution in [2.45, 2.75) is 42.8 Å². The molecule has 1 saturated carbocycles. The Morgan fingerprint density at radius 3 is 2.62 bits per heavy atom. The van der Waals surface area contributed by atoms with E-state index in [4.69, 9.17) is 14.6 Å². The van der Waals surface area contributed by atoms with Gasteiger partial charge in [-0.05, 0) is 25.3 Å². The first-order valence-electron chi connectivity index (χ1n) is 6.74. The lowest BCUT2D eigenvalue weighted by molar-refractivity contribution is -0.0155. The second kappa shape index (κ2) is 6.17. The normalized spacial score (nSPS) is 23.0. The van der Waals surface area contributed by atoms with E-state index in [1.807, 2.05) is 0 Å². The third-order valence-corrected chi connectivity index (χ3v) is 4.58. The van der Waals surface area contributed by atoms with Gasteiger partial charge in [0.2, 0.25) is 10.0 Å². The lowest BCUT2D eigenvalue weighted by atomic mass is 9.95. The highest BCUT2D eigenvalue weighted by molar-refractivity contribution is 7.89. The second-order valence-electron chi connectivity index (χ2n) is 5.27. The van der Waals surface area contributed by atoms with Gasteiger partial charge < -0.3 is 14.0 Å². The molecule has 0 spiro atoms. The van der Waals surface area contributed by atoms with Crippen LogP contribution in [0.1, 0.15) is 36.2 Å². The molecule has 1 heterocycles. The number of nitrogens with zero attached hydrogens (tertiary/aromatic N) is 1. The molecule has 2 atom stereocenters. The van der Waals surface area contributed by atoms with Gasteiger partial charge in [-0.1, -0.05) is 0 Å². The number of hydrogen-bond donors (Lipinski definition) is 1. The van der Waals surface area contributed by atoms with Crippen molar-refractivity contribution in [1.29, 1.82) is 0 Å². The smallest absolute Gasteiger partial charge is 0.355 e. The zero-order valence-electron chi connectivity index (χ0n) is 12.1. The van der Waals surface area contributed by atoms with Gasteiger partial charge in [-0.15, -0.1) is 0 Å². The summed E-state index contributed by atoms with van der Waals surface area (Å²) in [6.45, 7) is 0. The molecule has 2 rings (SSSR count). The molecule has 7 nitrogen and oxygen atoms in total. The maximum Gasteiger partial charge on any atom is 0.355 e. The summed E-state index contributed by atoms with van der Waals surface area (Å²) in [5.74, 6) is -0.547. The maximum atomic E-state index is 12.1. The molecule has 1 aromatic heterocycles. The van der Waals surface area contributed by atoms with Crippen molar-refractivity contribution >= 4 is 16.0 Å². The summed E-state index contributed by atoms with van der Waals surface area (Å²) < 4.78 is 34.7. The Balaban J connectivity index is 2.08. The highest BCUT2D eigenvalue weighted by atomic mass is 32.2. The number of primary sulfonamides is 1. The average Bonchev–Trinajstić information content (AvgIpc) is 2.81. The maximum absolute atomic E-state index is 12.1. The minimum Gasteiger partial charge on any atom is -0.458 e. The quantitative estimate of drug-likeness (QED) is 0.828. The molecule has 21 heavy (non-hydrogen) atoms. The topological polar surface area (TPSA) is 101 Å². The minimum atomic E-state index is -3.83. The van der Waals surface area contributed by atoms with E-state index in [0.717, 1.165) is 19.3 Å². The van der Waals surface area contributed by atoms with Crippen LogP contribution in [0.25, 0.3) is 0 Å². The molecule has 0 saturated heterocycles. The monoisotopic (exact) mass is 316 g/mol. The Morgan fingerprint density at radius 1 is 1.38 bits per heavy atom. The summed E-state index contributed by atoms with van der Waals surface area (Å²) >= 11 is 0. The predicted octanol–water partition coefficient (Wildman–Crippen LogP) is 0.787. The van der Waals surface area contributed by atoms with Crippen molar-refractivity contribution in [2.75, 3.05) is 7.11 Å². The molecule has 1 aliphatic rings. The van der Waals surface area contributed by atoms with Crippen LogP contribution >= 0.6 is 0 Å². The van der Waals surface area contributed by atoms with Crippen LogP contribution in [0.5, 0.6) is 0 Å². The first-order valence-corrected chi connectivity index (χ1v) is 8.29. The van der Waals surface area contributed by atoms with E-state index >= 15 is 0 Å². The molecule has 2 N–H and O–H groups in total. The van der Waals surface area contributed by atoms with Crippen LogP contribution < -0.4 is 5.14 Å². The van der Waals surface area contributed by atoms with E-state index in [1.54, 1.807) is 14.2 Å². The molecular formula is C13H20N2O5S. The van der Waals surface area contributed by atoms with Crippen LogP contribution in [0.15, 0.2) is 17.2 Å². The SMILES string of the molecule is COC1CCCC(OC(=O)c2cc(S(N)(=O)=O)cn2C)C1. The molecule has 118 valence electrons. The number of nitrogens with two attached hydrogens (primary N) is 1. The number of rotatable bonds is 4. The number of hydrogen-bond acceptors (Lipinski definition) is 5. The Hall–Kier alpha value is -1.38. The largest absolute Gasteiger partial charge is 0.458 e. The second-order valence-corrected chi connectivity index (χ2v) is 6.83. The summed E-state index contributed by atoms with van der Waals surface area (Å²) in [5.41, 5.74) is 0.165. The Labute approximate surface area is 124 Å². The van der Waals surface area contributed by atoms with Crippen LogP contribution in [-0.2, 0) is 26.5 Å². The number of aryl methyl sites for hydroxylation is 1. The molecule has 0 radical (unpaired) electrons. The van der Waals surface area contributed by atoms with Crippen molar-refractivity contribution in [3.63, 3.8) is 0 Å². The van der Waals surface area contributed by atoms with Gasteiger partial charge in [-0.2, -0.15) is 0 Å². The van der Waals surface area contributed by atoms with Crippen LogP contribution in [0.4, 0.5) is 0 Å². The van der Waals surface area contributed by atoms with Crippen LogP contribution in [0, 0.1) is 0 Å². The van der Waals surface area contributed by atoms with Gasteiger partial charge in [0.25, 0.3) is 0 Å². The average molecular weight is 316 g/mol. The number of methoxy groups -OCH3 is 1. The van der Waals surface area contributed by atoms with Gasteiger partial charge >= 0.3 is 5.97 Å². The highest BCUT2D eigenvalue weighted by Crippen LogP contribution is 2.24. The standard InChI is InChI=1S/C13H20N2O5S/c1-15-8-11(21(14,17)18)7-12(15)13(16)20-10-5-3-4-9(6-10)19-2/h7-10H,3-6H2,1-2H3,(H2,14,17,18). The fraction of sp³-hybridized carbons (Fsp3) is 0.615. The molecule has 0 aliphatic heterocycles. The first-order chi connectivity index (χ1) is 9.81. The lowest BCUT2D eigenvalue weighted by Crippen LogP contribution is -2.29. The Kier molecular flexibility index (Phi) is 4.70. The fourth-order valence-corrected chi connectivity index (χ4v) is 3.11. The lowest BCUT2D eigenvalue weighted by Gasteiger charge is -2.27. The molecule has 8 heteroatoms. The Bertz CT molecular complexity index is 623. The number of ether oxygens (including phenoxy) is 2. The molecule has 0 amide bonds. The van der Waals surface area contributed by atoms with Gasteiger partial charge in [-0.25, -0.2) is 18.4 Å². The summed E-state index contributed by atoms with van der Waals surface area (Å²) in [6.07, 6.45) is 4.54. The van der Waals surface area contributed by atoms with Crippen molar-refractivity contribution in [3.8, 4) is 0 Å². The van der Waals surface area contributed by atoms with Gasteiger partial charge in [-0.3, -0.25) is 0 Å². The fourth-order valence-electron chi connectivity index (χ4n) is 2.53. The zero-order valence-corrected chi connectivity index (χ0v) is 12.9. The molecule has 1 aliphatic carbocycles. The number of carbonyl (C=O) groups is 1. The van der Waals surface area contributed by atoms with E-state index < -0.39 is 16.0 Å². The number of sulfonamides is 1. The predicted molar refractivity (Wildman–Crippen MR) is 75.3 cm³/mol. The molecule has 1 aromatic rings. The number of esters is 1. The van der Waals surface area contributed by atoms with Crippen molar-refractivity contribution in [2.24, 2.45) is 12.2 Å². The molecular weight excluding hydrogens is 296 g/mol. The van der Waals surface area contributed by atoms with E-state index in [1.165, 1.54) is 16.8 Å². The summed E-state index contributed by atoms with van der Waals surface area (Å²) in [5, 5.41) is 5.05. The van der Waals surface area contributed by atoms with Gasteiger partial charge in [0.1, 0.15) is 16.7 Å². The zero-order chi connectivity index (χ0) is 15.6. The molecule has 0 aromatic carbocycles. The first kappa shape index (κ1) is 16.0. The summed E-state index contributed by atoms with van der Waals surface area (Å²) in [4.78, 5) is 12.0. The number of aromatic nitrogens is 1. The number of carbonyl (C=O) groups excluding carboxylic acids is 1. The van der Waals surface area contributed by atoms with E-state index in [-0.39, 0.29) is 22.8 Å². The van der Waals surface area contributed by atoms with Gasteiger partial charge in [0, 0.05) is 26.8 Å². The molecule has 1 fully saturated rings. The van der Waals surface area contributed by atoms with Crippen LogP contribution in [0.2, 0.25) is 0 Å². The Morgan fingerprint density at radius 2 is 2.05 bits per heavy atom. The van der Waals surface area contributed by atoms with Gasteiger partial charge in [0.15, 0.2) is 0 Å². The van der Waals surface area contributed by atoms with Crippen molar-refractivity contribution in [3.05, 3.63) is 18.0 Å². The third-order valence-electron chi connectivity index (χ3n) is 3.70. The van der Waals surface area contributed by atoms with Gasteiger partial charge in [0.05, 0.1) is 6.10 Å². The van der Waals surface area contributed by atoms with Crippen molar-refractivity contribution in [1.82, 2.24) is 4.57 Å². The minimum absolute atomic E-state index is 0.102. The molecule has 2 unspecified atom stereocenters. The van der Waals surface area contributed by atoms with E-state index in [2.05, 4.69) is 0 Å². The molecule has 0 bridgehead atoms. The highest BCUT2D eigenvalue weighted by Gasteiger charge is 2.26. The van der Waals surface area contributed by atoms with Crippen LogP contribution in [0.3, 0.4) is 0 Å². The van der Waals surface area contributed by atoms with E-state index in [9.17, 15) is 13.2 Å². The van der Waals surface area contributed by atoms with E-state index in [0.29, 0.717) is 6.42 Å². The summed E-state index contributed by atoms with van der Waals surface area (Å²) in [6, 6.07) is 1.23. The van der Waals surface area contributed by atoms with Crippen molar-refractivity contribution < 1.29 is 22.7 Å². The third kappa shape index (κ3) is 3.84.